The predicted octanol–water partition coefficient (Wildman–Crippen LogP) is 4.97. The minimum absolute atomic E-state index is 0.887. The van der Waals surface area contributed by atoms with Crippen molar-refractivity contribution in [3.63, 3.8) is 0 Å². The molecular formula is C19H15N3. The number of anilines is 2. The van der Waals surface area contributed by atoms with E-state index in [1.54, 1.807) is 0 Å². The van der Waals surface area contributed by atoms with Gasteiger partial charge < -0.3 is 10.3 Å². The lowest BCUT2D eigenvalue weighted by atomic mass is 10.2. The standard InChI is InChI=1S/C19H15N3/c1-2-8-15(9-3-1)20-16-10-6-7-14(13-16)19-21-17-11-4-5-12-18(17)22-19/h1-13,20H,(H,21,22). The number of aromatic nitrogens is 2. The zero-order chi connectivity index (χ0) is 14.8. The Morgan fingerprint density at radius 2 is 1.50 bits per heavy atom. The van der Waals surface area contributed by atoms with E-state index in [-0.39, 0.29) is 0 Å². The third-order valence-corrected chi connectivity index (χ3v) is 3.59. The normalized spacial score (nSPS) is 10.7. The highest BCUT2D eigenvalue weighted by Gasteiger charge is 2.05. The lowest BCUT2D eigenvalue weighted by Crippen LogP contribution is -1.90. The molecule has 2 N–H and O–H groups in total. The summed E-state index contributed by atoms with van der Waals surface area (Å²) in [6, 6.07) is 26.5. The molecule has 0 aliphatic rings. The van der Waals surface area contributed by atoms with Crippen LogP contribution in [0.3, 0.4) is 0 Å². The average Bonchev–Trinajstić information content (AvgIpc) is 3.00. The van der Waals surface area contributed by atoms with Crippen molar-refractivity contribution in [2.45, 2.75) is 0 Å². The van der Waals surface area contributed by atoms with Gasteiger partial charge in [0.1, 0.15) is 5.82 Å². The third kappa shape index (κ3) is 2.44. The summed E-state index contributed by atoms with van der Waals surface area (Å²) in [5.41, 5.74) is 5.23. The number of para-hydroxylation sites is 3. The van der Waals surface area contributed by atoms with Crippen molar-refractivity contribution in [1.82, 2.24) is 9.97 Å². The van der Waals surface area contributed by atoms with Gasteiger partial charge in [-0.3, -0.25) is 0 Å². The van der Waals surface area contributed by atoms with E-state index in [0.29, 0.717) is 0 Å². The largest absolute Gasteiger partial charge is 0.356 e. The van der Waals surface area contributed by atoms with Crippen LogP contribution in [-0.4, -0.2) is 9.97 Å². The fourth-order valence-corrected chi connectivity index (χ4v) is 2.52. The number of hydrogen-bond donors (Lipinski definition) is 2. The molecule has 1 heterocycles. The van der Waals surface area contributed by atoms with E-state index in [2.05, 4.69) is 33.5 Å². The molecule has 0 fully saturated rings. The van der Waals surface area contributed by atoms with Crippen molar-refractivity contribution in [3.05, 3.63) is 78.9 Å². The summed E-state index contributed by atoms with van der Waals surface area (Å²) in [4.78, 5) is 8.01. The van der Waals surface area contributed by atoms with Gasteiger partial charge in [0.2, 0.25) is 0 Å². The molecule has 0 unspecified atom stereocenters. The Balaban J connectivity index is 1.69. The molecule has 3 nitrogen and oxygen atoms in total. The molecule has 0 radical (unpaired) electrons. The fourth-order valence-electron chi connectivity index (χ4n) is 2.52. The lowest BCUT2D eigenvalue weighted by Gasteiger charge is -2.07. The second kappa shape index (κ2) is 5.37. The molecule has 106 valence electrons. The van der Waals surface area contributed by atoms with Gasteiger partial charge >= 0.3 is 0 Å². The van der Waals surface area contributed by atoms with Crippen molar-refractivity contribution < 1.29 is 0 Å². The Morgan fingerprint density at radius 1 is 0.727 bits per heavy atom. The van der Waals surface area contributed by atoms with Gasteiger partial charge in [0, 0.05) is 16.9 Å². The molecule has 1 aromatic heterocycles. The number of fused-ring (bicyclic) bond motifs is 1. The Bertz CT molecular complexity index is 877. The van der Waals surface area contributed by atoms with E-state index >= 15 is 0 Å². The van der Waals surface area contributed by atoms with Crippen molar-refractivity contribution in [2.24, 2.45) is 0 Å². The van der Waals surface area contributed by atoms with Crippen molar-refractivity contribution in [3.8, 4) is 11.4 Å². The van der Waals surface area contributed by atoms with Gasteiger partial charge in [-0.25, -0.2) is 4.98 Å². The van der Waals surface area contributed by atoms with E-state index in [9.17, 15) is 0 Å². The van der Waals surface area contributed by atoms with Crippen LogP contribution < -0.4 is 5.32 Å². The van der Waals surface area contributed by atoms with Gasteiger partial charge in [-0.05, 0) is 36.4 Å². The molecule has 0 aliphatic carbocycles. The number of rotatable bonds is 3. The predicted molar refractivity (Wildman–Crippen MR) is 91.3 cm³/mol. The second-order valence-corrected chi connectivity index (χ2v) is 5.17. The molecule has 3 aromatic carbocycles. The van der Waals surface area contributed by atoms with E-state index in [1.165, 1.54) is 0 Å². The molecule has 0 atom stereocenters. The van der Waals surface area contributed by atoms with Gasteiger partial charge in [-0.1, -0.05) is 42.5 Å². The first-order valence-corrected chi connectivity index (χ1v) is 7.26. The van der Waals surface area contributed by atoms with E-state index in [4.69, 9.17) is 0 Å². The van der Waals surface area contributed by atoms with Gasteiger partial charge in [0.25, 0.3) is 0 Å². The first-order valence-electron chi connectivity index (χ1n) is 7.26. The van der Waals surface area contributed by atoms with Crippen LogP contribution in [0.2, 0.25) is 0 Å². The molecule has 0 aliphatic heterocycles. The SMILES string of the molecule is c1ccc(Nc2cccc(-c3nc4ccccc4[nH]3)c2)cc1. The van der Waals surface area contributed by atoms with Crippen molar-refractivity contribution >= 4 is 22.4 Å². The lowest BCUT2D eigenvalue weighted by molar-refractivity contribution is 1.33. The maximum atomic E-state index is 4.65. The zero-order valence-corrected chi connectivity index (χ0v) is 12.0. The highest BCUT2D eigenvalue weighted by molar-refractivity contribution is 5.80. The van der Waals surface area contributed by atoms with Crippen molar-refractivity contribution in [2.75, 3.05) is 5.32 Å². The second-order valence-electron chi connectivity index (χ2n) is 5.17. The summed E-state index contributed by atoms with van der Waals surface area (Å²) in [7, 11) is 0. The maximum absolute atomic E-state index is 4.65. The van der Waals surface area contributed by atoms with Gasteiger partial charge in [0.15, 0.2) is 0 Å². The molecule has 0 saturated carbocycles. The molecule has 0 saturated heterocycles. The van der Waals surface area contributed by atoms with E-state index in [1.807, 2.05) is 60.7 Å². The first-order chi connectivity index (χ1) is 10.9. The summed E-state index contributed by atoms with van der Waals surface area (Å²) in [6.07, 6.45) is 0. The minimum Gasteiger partial charge on any atom is -0.356 e. The first kappa shape index (κ1) is 12.7. The molecule has 0 bridgehead atoms. The molecule has 4 rings (SSSR count). The Kier molecular flexibility index (Phi) is 3.09. The quantitative estimate of drug-likeness (QED) is 0.557. The fraction of sp³-hybridized carbons (Fsp3) is 0. The van der Waals surface area contributed by atoms with Crippen LogP contribution in [0.1, 0.15) is 0 Å². The van der Waals surface area contributed by atoms with Crippen LogP contribution in [0.5, 0.6) is 0 Å². The molecule has 3 heteroatoms. The summed E-state index contributed by atoms with van der Waals surface area (Å²) in [6.45, 7) is 0. The Morgan fingerprint density at radius 3 is 2.36 bits per heavy atom. The van der Waals surface area contributed by atoms with Gasteiger partial charge in [0.05, 0.1) is 11.0 Å². The topological polar surface area (TPSA) is 40.7 Å². The minimum atomic E-state index is 0.887. The highest BCUT2D eigenvalue weighted by atomic mass is 14.9. The molecule has 0 spiro atoms. The number of benzene rings is 3. The maximum Gasteiger partial charge on any atom is 0.138 e. The van der Waals surface area contributed by atoms with Crippen LogP contribution in [0.4, 0.5) is 11.4 Å². The van der Waals surface area contributed by atoms with Crippen LogP contribution >= 0.6 is 0 Å². The Labute approximate surface area is 128 Å². The van der Waals surface area contributed by atoms with E-state index < -0.39 is 0 Å². The van der Waals surface area contributed by atoms with Crippen molar-refractivity contribution in [1.29, 1.82) is 0 Å². The smallest absolute Gasteiger partial charge is 0.138 e. The number of hydrogen-bond acceptors (Lipinski definition) is 2. The zero-order valence-electron chi connectivity index (χ0n) is 12.0. The number of imidazole rings is 1. The van der Waals surface area contributed by atoms with Crippen LogP contribution in [-0.2, 0) is 0 Å². The monoisotopic (exact) mass is 285 g/mol. The molecule has 4 aromatic rings. The van der Waals surface area contributed by atoms with Gasteiger partial charge in [-0.2, -0.15) is 0 Å². The number of nitrogens with one attached hydrogen (secondary N) is 2. The van der Waals surface area contributed by atoms with Crippen LogP contribution in [0.25, 0.3) is 22.4 Å². The molecular weight excluding hydrogens is 270 g/mol. The molecule has 22 heavy (non-hydrogen) atoms. The molecule has 0 amide bonds. The average molecular weight is 285 g/mol. The van der Waals surface area contributed by atoms with Crippen LogP contribution in [0, 0.1) is 0 Å². The highest BCUT2D eigenvalue weighted by Crippen LogP contribution is 2.24. The number of nitrogens with zero attached hydrogens (tertiary/aromatic N) is 1. The summed E-state index contributed by atoms with van der Waals surface area (Å²) in [5, 5.41) is 3.41. The summed E-state index contributed by atoms with van der Waals surface area (Å²) in [5.74, 6) is 0.887. The van der Waals surface area contributed by atoms with Gasteiger partial charge in [-0.15, -0.1) is 0 Å². The summed E-state index contributed by atoms with van der Waals surface area (Å²) < 4.78 is 0. The van der Waals surface area contributed by atoms with Crippen LogP contribution in [0.15, 0.2) is 78.9 Å². The Hall–Kier alpha value is -3.07. The number of H-pyrrole nitrogens is 1. The van der Waals surface area contributed by atoms with E-state index in [0.717, 1.165) is 33.8 Å². The third-order valence-electron chi connectivity index (χ3n) is 3.59. The summed E-state index contributed by atoms with van der Waals surface area (Å²) >= 11 is 0. The number of aromatic amines is 1.